The second-order valence-electron chi connectivity index (χ2n) is 4.13. The molecule has 2 rings (SSSR count). The van der Waals surface area contributed by atoms with Crippen LogP contribution >= 0.6 is 39.7 Å². The lowest BCUT2D eigenvalue weighted by atomic mass is 10.1. The first kappa shape index (κ1) is 15.9. The van der Waals surface area contributed by atoms with Gasteiger partial charge in [0.15, 0.2) is 0 Å². The number of hydrogen-bond acceptors (Lipinski definition) is 2. The van der Waals surface area contributed by atoms with Crippen molar-refractivity contribution in [3.05, 3.63) is 62.8 Å². The quantitative estimate of drug-likeness (QED) is 0.779. The van der Waals surface area contributed by atoms with Crippen LogP contribution in [0.5, 0.6) is 0 Å². The van der Waals surface area contributed by atoms with Gasteiger partial charge < -0.3 is 11.1 Å². The summed E-state index contributed by atoms with van der Waals surface area (Å²) in [5, 5.41) is 2.92. The first-order chi connectivity index (χ1) is 9.88. The Morgan fingerprint density at radius 3 is 2.57 bits per heavy atom. The summed E-state index contributed by atoms with van der Waals surface area (Å²) in [6, 6.07) is 8.65. The monoisotopic (exact) mass is 386 g/mol. The molecule has 0 aliphatic carbocycles. The van der Waals surface area contributed by atoms with Crippen molar-refractivity contribution in [2.75, 3.05) is 5.32 Å². The number of halogens is 3. The lowest BCUT2D eigenvalue weighted by molar-refractivity contribution is 0.102. The smallest absolute Gasteiger partial charge is 0.257 e. The van der Waals surface area contributed by atoms with Gasteiger partial charge in [0.05, 0.1) is 16.3 Å². The predicted octanol–water partition coefficient (Wildman–Crippen LogP) is 4.13. The third kappa shape index (κ3) is 3.78. The second kappa shape index (κ2) is 6.51. The zero-order valence-corrected chi connectivity index (χ0v) is 13.7. The molecule has 0 saturated carbocycles. The SMILES string of the molecule is NC(=S)c1cc(F)ccc1NC(=O)c1ccc(Br)cc1Cl. The molecule has 7 heteroatoms. The van der Waals surface area contributed by atoms with Gasteiger partial charge in [-0.25, -0.2) is 4.39 Å². The molecule has 2 aromatic rings. The Balaban J connectivity index is 2.34. The van der Waals surface area contributed by atoms with Crippen LogP contribution in [0.2, 0.25) is 5.02 Å². The van der Waals surface area contributed by atoms with Crippen molar-refractivity contribution >= 4 is 56.3 Å². The van der Waals surface area contributed by atoms with E-state index in [0.29, 0.717) is 10.7 Å². The van der Waals surface area contributed by atoms with Crippen molar-refractivity contribution in [2.24, 2.45) is 5.73 Å². The Morgan fingerprint density at radius 2 is 1.95 bits per heavy atom. The number of hydrogen-bond donors (Lipinski definition) is 2. The highest BCUT2D eigenvalue weighted by atomic mass is 79.9. The van der Waals surface area contributed by atoms with Crippen LogP contribution in [0.25, 0.3) is 0 Å². The first-order valence-corrected chi connectivity index (χ1v) is 7.32. The maximum atomic E-state index is 13.2. The lowest BCUT2D eigenvalue weighted by Crippen LogP contribution is -2.18. The van der Waals surface area contributed by atoms with Gasteiger partial charge >= 0.3 is 0 Å². The van der Waals surface area contributed by atoms with Crippen LogP contribution in [0.3, 0.4) is 0 Å². The van der Waals surface area contributed by atoms with Crippen molar-refractivity contribution in [3.8, 4) is 0 Å². The average molecular weight is 388 g/mol. The molecule has 0 aromatic heterocycles. The van der Waals surface area contributed by atoms with Crippen molar-refractivity contribution in [3.63, 3.8) is 0 Å². The molecule has 0 spiro atoms. The molecule has 0 aliphatic rings. The van der Waals surface area contributed by atoms with E-state index in [-0.39, 0.29) is 16.1 Å². The molecule has 2 aromatic carbocycles. The second-order valence-corrected chi connectivity index (χ2v) is 5.90. The van der Waals surface area contributed by atoms with Crippen molar-refractivity contribution < 1.29 is 9.18 Å². The molecule has 0 bridgehead atoms. The van der Waals surface area contributed by atoms with Gasteiger partial charge in [-0.1, -0.05) is 39.7 Å². The fourth-order valence-corrected chi connectivity index (χ4v) is 2.62. The summed E-state index contributed by atoms with van der Waals surface area (Å²) in [6.45, 7) is 0. The summed E-state index contributed by atoms with van der Waals surface area (Å²) in [5.41, 5.74) is 6.40. The number of nitrogens with one attached hydrogen (secondary N) is 1. The number of thiocarbonyl (C=S) groups is 1. The molecule has 21 heavy (non-hydrogen) atoms. The van der Waals surface area contributed by atoms with E-state index in [1.165, 1.54) is 18.2 Å². The summed E-state index contributed by atoms with van der Waals surface area (Å²) < 4.78 is 14.0. The lowest BCUT2D eigenvalue weighted by Gasteiger charge is -2.11. The highest BCUT2D eigenvalue weighted by Crippen LogP contribution is 2.23. The average Bonchev–Trinajstić information content (AvgIpc) is 2.40. The Morgan fingerprint density at radius 1 is 1.24 bits per heavy atom. The third-order valence-corrected chi connectivity index (χ3v) is 3.70. The minimum atomic E-state index is -0.488. The van der Waals surface area contributed by atoms with Gasteiger partial charge in [-0.2, -0.15) is 0 Å². The minimum Gasteiger partial charge on any atom is -0.389 e. The number of nitrogens with two attached hydrogens (primary N) is 1. The normalized spacial score (nSPS) is 10.2. The molecule has 0 heterocycles. The molecule has 3 N–H and O–H groups in total. The fraction of sp³-hybridized carbons (Fsp3) is 0. The molecule has 0 saturated heterocycles. The highest BCUT2D eigenvalue weighted by molar-refractivity contribution is 9.10. The molecular weight excluding hydrogens is 379 g/mol. The molecule has 0 unspecified atom stereocenters. The van der Waals surface area contributed by atoms with Gasteiger partial charge in [-0.3, -0.25) is 4.79 Å². The minimum absolute atomic E-state index is 0.00768. The van der Waals surface area contributed by atoms with Crippen LogP contribution in [0.4, 0.5) is 10.1 Å². The number of carbonyl (C=O) groups excluding carboxylic acids is 1. The summed E-state index contributed by atoms with van der Waals surface area (Å²) in [6.07, 6.45) is 0. The van der Waals surface area contributed by atoms with Crippen molar-refractivity contribution in [1.82, 2.24) is 0 Å². The van der Waals surface area contributed by atoms with E-state index >= 15 is 0 Å². The zero-order chi connectivity index (χ0) is 15.6. The van der Waals surface area contributed by atoms with Crippen LogP contribution in [0.1, 0.15) is 15.9 Å². The van der Waals surface area contributed by atoms with Gasteiger partial charge in [0.25, 0.3) is 5.91 Å². The molecular formula is C14H9BrClFN2OS. The maximum Gasteiger partial charge on any atom is 0.257 e. The first-order valence-electron chi connectivity index (χ1n) is 5.74. The van der Waals surface area contributed by atoms with Gasteiger partial charge in [0.1, 0.15) is 10.8 Å². The molecule has 0 aliphatic heterocycles. The molecule has 3 nitrogen and oxygen atoms in total. The van der Waals surface area contributed by atoms with Crippen molar-refractivity contribution in [1.29, 1.82) is 0 Å². The number of amides is 1. The Hall–Kier alpha value is -1.50. The van der Waals surface area contributed by atoms with Gasteiger partial charge in [0.2, 0.25) is 0 Å². The van der Waals surface area contributed by atoms with E-state index in [4.69, 9.17) is 29.6 Å². The van der Waals surface area contributed by atoms with E-state index in [2.05, 4.69) is 21.2 Å². The number of carbonyl (C=O) groups is 1. The molecule has 1 amide bonds. The summed E-state index contributed by atoms with van der Waals surface area (Å²) >= 11 is 14.1. The van der Waals surface area contributed by atoms with E-state index in [9.17, 15) is 9.18 Å². The van der Waals surface area contributed by atoms with Crippen LogP contribution in [-0.4, -0.2) is 10.9 Å². The molecule has 0 fully saturated rings. The zero-order valence-electron chi connectivity index (χ0n) is 10.5. The Kier molecular flexibility index (Phi) is 4.92. The van der Waals surface area contributed by atoms with Gasteiger partial charge in [0, 0.05) is 10.0 Å². The van der Waals surface area contributed by atoms with E-state index in [1.54, 1.807) is 18.2 Å². The Bertz CT molecular complexity index is 739. The summed E-state index contributed by atoms with van der Waals surface area (Å²) in [7, 11) is 0. The predicted molar refractivity (Wildman–Crippen MR) is 89.4 cm³/mol. The van der Waals surface area contributed by atoms with Crippen molar-refractivity contribution in [2.45, 2.75) is 0 Å². The summed E-state index contributed by atoms with van der Waals surface area (Å²) in [4.78, 5) is 12.2. The van der Waals surface area contributed by atoms with Crippen LogP contribution in [0, 0.1) is 5.82 Å². The third-order valence-electron chi connectivity index (χ3n) is 2.67. The fourth-order valence-electron chi connectivity index (χ4n) is 1.69. The maximum absolute atomic E-state index is 13.2. The van der Waals surface area contributed by atoms with Gasteiger partial charge in [-0.15, -0.1) is 0 Å². The molecule has 0 radical (unpaired) electrons. The summed E-state index contributed by atoms with van der Waals surface area (Å²) in [5.74, 6) is -0.922. The largest absolute Gasteiger partial charge is 0.389 e. The van der Waals surface area contributed by atoms with E-state index in [0.717, 1.165) is 4.47 Å². The topological polar surface area (TPSA) is 55.1 Å². The standard InChI is InChI=1S/C14H9BrClFN2OS/c15-7-1-3-9(11(16)5-7)14(20)19-12-4-2-8(17)6-10(12)13(18)21/h1-6H,(H2,18,21)(H,19,20). The number of anilines is 1. The number of benzene rings is 2. The number of rotatable bonds is 3. The van der Waals surface area contributed by atoms with E-state index in [1.807, 2.05) is 0 Å². The molecule has 108 valence electrons. The van der Waals surface area contributed by atoms with Crippen LogP contribution in [0.15, 0.2) is 40.9 Å². The van der Waals surface area contributed by atoms with Crippen LogP contribution in [-0.2, 0) is 0 Å². The molecule has 0 atom stereocenters. The van der Waals surface area contributed by atoms with Crippen LogP contribution < -0.4 is 11.1 Å². The van der Waals surface area contributed by atoms with Gasteiger partial charge in [-0.05, 0) is 36.4 Å². The highest BCUT2D eigenvalue weighted by Gasteiger charge is 2.14. The Labute approximate surface area is 139 Å². The van der Waals surface area contributed by atoms with E-state index < -0.39 is 11.7 Å².